The second-order valence-corrected chi connectivity index (χ2v) is 5.49. The van der Waals surface area contributed by atoms with Gasteiger partial charge in [-0.05, 0) is 17.7 Å². The van der Waals surface area contributed by atoms with Crippen LogP contribution in [-0.2, 0) is 23.9 Å². The Labute approximate surface area is 135 Å². The average molecular weight is 337 g/mol. The number of amides is 1. The van der Waals surface area contributed by atoms with Crippen molar-refractivity contribution in [1.29, 1.82) is 0 Å². The summed E-state index contributed by atoms with van der Waals surface area (Å²) >= 11 is 0. The minimum atomic E-state index is -4.53. The van der Waals surface area contributed by atoms with Crippen molar-refractivity contribution >= 4 is 5.91 Å². The predicted molar refractivity (Wildman–Crippen MR) is 77.6 cm³/mol. The van der Waals surface area contributed by atoms with Gasteiger partial charge in [-0.1, -0.05) is 12.1 Å². The molecule has 0 spiro atoms. The summed E-state index contributed by atoms with van der Waals surface area (Å²) in [7, 11) is 0. The summed E-state index contributed by atoms with van der Waals surface area (Å²) in [6.07, 6.45) is -2.61. The van der Waals surface area contributed by atoms with Crippen molar-refractivity contribution < 1.29 is 23.1 Å². The van der Waals surface area contributed by atoms with Gasteiger partial charge < -0.3 is 10.0 Å². The van der Waals surface area contributed by atoms with Gasteiger partial charge in [-0.15, -0.1) is 0 Å². The van der Waals surface area contributed by atoms with Crippen LogP contribution in [0.25, 0.3) is 0 Å². The van der Waals surface area contributed by atoms with Crippen molar-refractivity contribution in [3.05, 3.63) is 59.2 Å². The second kappa shape index (κ2) is 6.20. The van der Waals surface area contributed by atoms with Gasteiger partial charge >= 0.3 is 6.18 Å². The predicted octanol–water partition coefficient (Wildman–Crippen LogP) is 2.11. The number of aliphatic hydroxyl groups is 1. The van der Waals surface area contributed by atoms with E-state index in [1.54, 1.807) is 6.20 Å². The largest absolute Gasteiger partial charge is 0.416 e. The summed E-state index contributed by atoms with van der Waals surface area (Å²) in [6.45, 7) is 0.512. The third-order valence-corrected chi connectivity index (χ3v) is 3.89. The van der Waals surface area contributed by atoms with E-state index in [1.807, 2.05) is 0 Å². The normalized spacial score (nSPS) is 15.8. The van der Waals surface area contributed by atoms with E-state index in [4.69, 9.17) is 0 Å². The number of halogens is 3. The Kier molecular flexibility index (Phi) is 4.23. The SMILES string of the molecule is O=C(C(O)c1cccc(C(F)(F)F)c1)N1CCc2nccnc2C1. The van der Waals surface area contributed by atoms with Crippen LogP contribution >= 0.6 is 0 Å². The first-order valence-electron chi connectivity index (χ1n) is 7.29. The maximum absolute atomic E-state index is 12.8. The molecule has 0 aliphatic carbocycles. The molecule has 0 radical (unpaired) electrons. The molecule has 24 heavy (non-hydrogen) atoms. The van der Waals surface area contributed by atoms with Crippen LogP contribution in [0.3, 0.4) is 0 Å². The highest BCUT2D eigenvalue weighted by atomic mass is 19.4. The number of hydrogen-bond donors (Lipinski definition) is 1. The lowest BCUT2D eigenvalue weighted by molar-refractivity contribution is -0.142. The molecule has 1 atom stereocenters. The lowest BCUT2D eigenvalue weighted by Crippen LogP contribution is -2.39. The van der Waals surface area contributed by atoms with Gasteiger partial charge in [0.05, 0.1) is 23.5 Å². The first kappa shape index (κ1) is 16.4. The van der Waals surface area contributed by atoms with Gasteiger partial charge in [0.25, 0.3) is 5.91 Å². The maximum Gasteiger partial charge on any atom is 0.416 e. The summed E-state index contributed by atoms with van der Waals surface area (Å²) < 4.78 is 38.3. The van der Waals surface area contributed by atoms with E-state index in [9.17, 15) is 23.1 Å². The summed E-state index contributed by atoms with van der Waals surface area (Å²) in [6, 6.07) is 4.16. The first-order valence-corrected chi connectivity index (χ1v) is 7.29. The van der Waals surface area contributed by atoms with Crippen LogP contribution in [0.5, 0.6) is 0 Å². The minimum absolute atomic E-state index is 0.0835. The molecule has 8 heteroatoms. The minimum Gasteiger partial charge on any atom is -0.378 e. The zero-order valence-corrected chi connectivity index (χ0v) is 12.5. The van der Waals surface area contributed by atoms with Crippen molar-refractivity contribution in [1.82, 2.24) is 14.9 Å². The molecule has 2 aromatic rings. The molecule has 2 heterocycles. The smallest absolute Gasteiger partial charge is 0.378 e. The molecule has 0 saturated carbocycles. The molecule has 0 saturated heterocycles. The van der Waals surface area contributed by atoms with Crippen LogP contribution in [0.4, 0.5) is 13.2 Å². The Bertz CT molecular complexity index is 764. The number of aromatic nitrogens is 2. The number of fused-ring (bicyclic) bond motifs is 1. The highest BCUT2D eigenvalue weighted by Crippen LogP contribution is 2.31. The molecular formula is C16H14F3N3O2. The number of rotatable bonds is 2. The fourth-order valence-corrected chi connectivity index (χ4v) is 2.63. The van der Waals surface area contributed by atoms with E-state index in [-0.39, 0.29) is 12.1 Å². The Hall–Kier alpha value is -2.48. The van der Waals surface area contributed by atoms with Crippen LogP contribution in [-0.4, -0.2) is 32.4 Å². The zero-order chi connectivity index (χ0) is 17.3. The van der Waals surface area contributed by atoms with E-state index < -0.39 is 23.8 Å². The van der Waals surface area contributed by atoms with Crippen molar-refractivity contribution in [2.75, 3.05) is 6.54 Å². The number of alkyl halides is 3. The number of carbonyl (C=O) groups excluding carboxylic acids is 1. The summed E-state index contributed by atoms with van der Waals surface area (Å²) in [5.41, 5.74) is 0.435. The highest BCUT2D eigenvalue weighted by molar-refractivity contribution is 5.82. The van der Waals surface area contributed by atoms with Gasteiger partial charge in [0.15, 0.2) is 6.10 Å². The quantitative estimate of drug-likeness (QED) is 0.912. The van der Waals surface area contributed by atoms with E-state index in [0.717, 1.165) is 17.8 Å². The van der Waals surface area contributed by atoms with E-state index in [1.165, 1.54) is 23.2 Å². The second-order valence-electron chi connectivity index (χ2n) is 5.49. The summed E-state index contributed by atoms with van der Waals surface area (Å²) in [5.74, 6) is -0.648. The number of carbonyl (C=O) groups is 1. The van der Waals surface area contributed by atoms with Gasteiger partial charge in [-0.2, -0.15) is 13.2 Å². The molecule has 3 rings (SSSR count). The van der Waals surface area contributed by atoms with Crippen molar-refractivity contribution in [2.24, 2.45) is 0 Å². The van der Waals surface area contributed by atoms with Gasteiger partial charge in [-0.3, -0.25) is 14.8 Å². The Morgan fingerprint density at radius 1 is 1.21 bits per heavy atom. The lowest BCUT2D eigenvalue weighted by atomic mass is 10.0. The number of benzene rings is 1. The fraction of sp³-hybridized carbons (Fsp3) is 0.312. The molecule has 1 unspecified atom stereocenters. The van der Waals surface area contributed by atoms with E-state index in [0.29, 0.717) is 18.7 Å². The average Bonchev–Trinajstić information content (AvgIpc) is 2.59. The number of hydrogen-bond acceptors (Lipinski definition) is 4. The van der Waals surface area contributed by atoms with Gasteiger partial charge in [0.1, 0.15) is 0 Å². The van der Waals surface area contributed by atoms with Crippen LogP contribution in [0.15, 0.2) is 36.7 Å². The lowest BCUT2D eigenvalue weighted by Gasteiger charge is -2.29. The Balaban J connectivity index is 1.79. The molecule has 0 bridgehead atoms. The molecule has 1 aromatic carbocycles. The molecule has 1 aromatic heterocycles. The molecule has 1 amide bonds. The van der Waals surface area contributed by atoms with Crippen LogP contribution in [0.1, 0.15) is 28.6 Å². The van der Waals surface area contributed by atoms with Crippen molar-refractivity contribution in [3.8, 4) is 0 Å². The molecule has 5 nitrogen and oxygen atoms in total. The zero-order valence-electron chi connectivity index (χ0n) is 12.5. The highest BCUT2D eigenvalue weighted by Gasteiger charge is 2.33. The van der Waals surface area contributed by atoms with Crippen LogP contribution in [0, 0.1) is 0 Å². The maximum atomic E-state index is 12.8. The van der Waals surface area contributed by atoms with Gasteiger partial charge in [-0.25, -0.2) is 0 Å². The molecular weight excluding hydrogens is 323 g/mol. The van der Waals surface area contributed by atoms with E-state index >= 15 is 0 Å². The summed E-state index contributed by atoms with van der Waals surface area (Å²) in [4.78, 5) is 22.1. The fourth-order valence-electron chi connectivity index (χ4n) is 2.63. The molecule has 1 aliphatic heterocycles. The Morgan fingerprint density at radius 3 is 2.62 bits per heavy atom. The van der Waals surface area contributed by atoms with Gasteiger partial charge in [0, 0.05) is 25.4 Å². The molecule has 1 N–H and O–H groups in total. The first-order chi connectivity index (χ1) is 11.4. The monoisotopic (exact) mass is 337 g/mol. The van der Waals surface area contributed by atoms with E-state index in [2.05, 4.69) is 9.97 Å². The third kappa shape index (κ3) is 3.23. The van der Waals surface area contributed by atoms with Gasteiger partial charge in [0.2, 0.25) is 0 Å². The molecule has 1 aliphatic rings. The topological polar surface area (TPSA) is 66.3 Å². The third-order valence-electron chi connectivity index (χ3n) is 3.89. The van der Waals surface area contributed by atoms with Crippen LogP contribution < -0.4 is 0 Å². The molecule has 0 fully saturated rings. The van der Waals surface area contributed by atoms with Crippen LogP contribution in [0.2, 0.25) is 0 Å². The van der Waals surface area contributed by atoms with Crippen molar-refractivity contribution in [2.45, 2.75) is 25.2 Å². The number of nitrogens with zero attached hydrogens (tertiary/aromatic N) is 3. The Morgan fingerprint density at radius 2 is 1.92 bits per heavy atom. The molecule has 126 valence electrons. The van der Waals surface area contributed by atoms with Crippen molar-refractivity contribution in [3.63, 3.8) is 0 Å². The summed E-state index contributed by atoms with van der Waals surface area (Å²) in [5, 5.41) is 10.2. The number of aliphatic hydroxyl groups excluding tert-OH is 1. The standard InChI is InChI=1S/C16H14F3N3O2/c17-16(18,19)11-3-1-2-10(8-11)14(23)15(24)22-7-4-12-13(9-22)21-6-5-20-12/h1-3,5-6,8,14,23H,4,7,9H2.